The van der Waals surface area contributed by atoms with E-state index in [4.69, 9.17) is 4.74 Å². The van der Waals surface area contributed by atoms with Crippen molar-refractivity contribution in [3.05, 3.63) is 47.8 Å². The van der Waals surface area contributed by atoms with E-state index in [0.29, 0.717) is 16.9 Å². The zero-order chi connectivity index (χ0) is 17.6. The van der Waals surface area contributed by atoms with Crippen molar-refractivity contribution in [2.24, 2.45) is 0 Å². The first-order valence-electron chi connectivity index (χ1n) is 8.25. The van der Waals surface area contributed by atoms with Gasteiger partial charge < -0.3 is 15.4 Å². The van der Waals surface area contributed by atoms with E-state index in [-0.39, 0.29) is 17.9 Å². The fourth-order valence-corrected chi connectivity index (χ4v) is 2.88. The van der Waals surface area contributed by atoms with Gasteiger partial charge >= 0.3 is 5.97 Å². The lowest BCUT2D eigenvalue weighted by molar-refractivity contribution is 0.0601. The van der Waals surface area contributed by atoms with Crippen LogP contribution in [0, 0.1) is 0 Å². The summed E-state index contributed by atoms with van der Waals surface area (Å²) >= 11 is 0. The molecule has 3 rings (SSSR count). The first kappa shape index (κ1) is 16.9. The van der Waals surface area contributed by atoms with Gasteiger partial charge in [0.25, 0.3) is 5.91 Å². The van der Waals surface area contributed by atoms with Crippen LogP contribution in [0.4, 0.5) is 11.6 Å². The van der Waals surface area contributed by atoms with Gasteiger partial charge in [-0.15, -0.1) is 0 Å². The molecule has 0 unspecified atom stereocenters. The van der Waals surface area contributed by atoms with E-state index in [1.165, 1.54) is 13.3 Å². The molecule has 0 spiro atoms. The molecule has 0 saturated heterocycles. The lowest BCUT2D eigenvalue weighted by Crippen LogP contribution is -2.33. The van der Waals surface area contributed by atoms with Crippen molar-refractivity contribution >= 4 is 23.5 Å². The molecule has 1 aromatic carbocycles. The number of hydrogen-bond donors (Lipinski definition) is 2. The molecule has 1 heterocycles. The molecule has 130 valence electrons. The monoisotopic (exact) mass is 340 g/mol. The Kier molecular flexibility index (Phi) is 5.23. The number of hydrogen-bond acceptors (Lipinski definition) is 6. The number of amides is 1. The van der Waals surface area contributed by atoms with Gasteiger partial charge in [-0.1, -0.05) is 25.0 Å². The highest BCUT2D eigenvalue weighted by Crippen LogP contribution is 2.20. The van der Waals surface area contributed by atoms with Crippen LogP contribution in [0.15, 0.2) is 36.5 Å². The van der Waals surface area contributed by atoms with Crippen molar-refractivity contribution in [2.75, 3.05) is 12.4 Å². The van der Waals surface area contributed by atoms with Crippen molar-refractivity contribution in [1.82, 2.24) is 15.3 Å². The molecule has 0 bridgehead atoms. The van der Waals surface area contributed by atoms with E-state index in [1.807, 2.05) is 0 Å². The number of nitrogens with zero attached hydrogens (tertiary/aromatic N) is 2. The lowest BCUT2D eigenvalue weighted by atomic mass is 10.2. The summed E-state index contributed by atoms with van der Waals surface area (Å²) in [5, 5.41) is 5.97. The Hall–Kier alpha value is -2.96. The number of para-hydroxylation sites is 1. The smallest absolute Gasteiger partial charge is 0.339 e. The summed E-state index contributed by atoms with van der Waals surface area (Å²) in [7, 11) is 1.32. The summed E-state index contributed by atoms with van der Waals surface area (Å²) in [5.41, 5.74) is 1.18. The van der Waals surface area contributed by atoms with Crippen molar-refractivity contribution < 1.29 is 14.3 Å². The second-order valence-electron chi connectivity index (χ2n) is 5.88. The first-order chi connectivity index (χ1) is 12.2. The van der Waals surface area contributed by atoms with Gasteiger partial charge in [0, 0.05) is 12.2 Å². The Balaban J connectivity index is 1.76. The Labute approximate surface area is 145 Å². The number of esters is 1. The molecule has 0 aliphatic heterocycles. The van der Waals surface area contributed by atoms with Crippen LogP contribution in [0.5, 0.6) is 0 Å². The second kappa shape index (κ2) is 7.74. The third-order valence-corrected chi connectivity index (χ3v) is 4.16. The number of carbonyl (C=O) groups is 2. The molecule has 2 N–H and O–H groups in total. The largest absolute Gasteiger partial charge is 0.465 e. The van der Waals surface area contributed by atoms with E-state index in [9.17, 15) is 9.59 Å². The van der Waals surface area contributed by atoms with Gasteiger partial charge in [0.15, 0.2) is 0 Å². The maximum absolute atomic E-state index is 12.3. The maximum Gasteiger partial charge on any atom is 0.339 e. The van der Waals surface area contributed by atoms with Crippen LogP contribution < -0.4 is 10.6 Å². The summed E-state index contributed by atoms with van der Waals surface area (Å²) in [6.45, 7) is 0. The summed E-state index contributed by atoms with van der Waals surface area (Å²) in [6, 6.07) is 8.68. The minimum atomic E-state index is -0.460. The molecule has 2 aromatic rings. The van der Waals surface area contributed by atoms with Crippen molar-refractivity contribution in [3.8, 4) is 0 Å². The maximum atomic E-state index is 12.3. The zero-order valence-corrected chi connectivity index (χ0v) is 14.0. The minimum absolute atomic E-state index is 0.210. The number of ether oxygens (including phenoxy) is 1. The van der Waals surface area contributed by atoms with Gasteiger partial charge in [-0.25, -0.2) is 14.8 Å². The third-order valence-electron chi connectivity index (χ3n) is 4.16. The first-order valence-corrected chi connectivity index (χ1v) is 8.25. The Bertz CT molecular complexity index is 772. The molecule has 1 fully saturated rings. The van der Waals surface area contributed by atoms with Crippen molar-refractivity contribution in [3.63, 3.8) is 0 Å². The third kappa shape index (κ3) is 4.12. The second-order valence-corrected chi connectivity index (χ2v) is 5.88. The number of methoxy groups -OCH3 is 1. The normalized spacial score (nSPS) is 14.1. The number of anilines is 2. The van der Waals surface area contributed by atoms with Gasteiger partial charge in [-0.05, 0) is 31.0 Å². The number of rotatable bonds is 5. The van der Waals surface area contributed by atoms with E-state index in [2.05, 4.69) is 20.6 Å². The number of nitrogens with one attached hydrogen (secondary N) is 2. The SMILES string of the molecule is COC(=O)c1ccccc1Nc1nccc(C(=O)NC2CCCC2)n1. The molecule has 1 saturated carbocycles. The summed E-state index contributed by atoms with van der Waals surface area (Å²) in [6.07, 6.45) is 5.82. The van der Waals surface area contributed by atoms with Gasteiger partial charge in [-0.3, -0.25) is 4.79 Å². The van der Waals surface area contributed by atoms with Gasteiger partial charge in [0.2, 0.25) is 5.95 Å². The molecular formula is C18H20N4O3. The fraction of sp³-hybridized carbons (Fsp3) is 0.333. The highest BCUT2D eigenvalue weighted by Gasteiger charge is 2.19. The van der Waals surface area contributed by atoms with Gasteiger partial charge in [0.05, 0.1) is 18.4 Å². The van der Waals surface area contributed by atoms with E-state index >= 15 is 0 Å². The Morgan fingerprint density at radius 2 is 1.92 bits per heavy atom. The summed E-state index contributed by atoms with van der Waals surface area (Å²) in [5.74, 6) is -0.424. The van der Waals surface area contributed by atoms with E-state index < -0.39 is 5.97 Å². The molecule has 25 heavy (non-hydrogen) atoms. The number of aromatic nitrogens is 2. The standard InChI is InChI=1S/C18H20N4O3/c1-25-17(24)13-8-4-5-9-14(13)21-18-19-11-10-15(22-18)16(23)20-12-6-2-3-7-12/h4-5,8-12H,2-3,6-7H2,1H3,(H,20,23)(H,19,21,22). The molecule has 0 atom stereocenters. The molecule has 1 aliphatic rings. The van der Waals surface area contributed by atoms with Crippen LogP contribution in [0.2, 0.25) is 0 Å². The molecule has 1 aliphatic carbocycles. The number of benzene rings is 1. The van der Waals surface area contributed by atoms with Crippen LogP contribution in [0.3, 0.4) is 0 Å². The molecule has 7 heteroatoms. The average molecular weight is 340 g/mol. The lowest BCUT2D eigenvalue weighted by Gasteiger charge is -2.12. The van der Waals surface area contributed by atoms with Gasteiger partial charge in [0.1, 0.15) is 5.69 Å². The van der Waals surface area contributed by atoms with Crippen LogP contribution in [0.1, 0.15) is 46.5 Å². The fourth-order valence-electron chi connectivity index (χ4n) is 2.88. The van der Waals surface area contributed by atoms with E-state index in [0.717, 1.165) is 25.7 Å². The van der Waals surface area contributed by atoms with Crippen LogP contribution in [-0.2, 0) is 4.74 Å². The molecule has 7 nitrogen and oxygen atoms in total. The van der Waals surface area contributed by atoms with Crippen LogP contribution in [0.25, 0.3) is 0 Å². The highest BCUT2D eigenvalue weighted by atomic mass is 16.5. The van der Waals surface area contributed by atoms with Crippen molar-refractivity contribution in [1.29, 1.82) is 0 Å². The topological polar surface area (TPSA) is 93.2 Å². The molecular weight excluding hydrogens is 320 g/mol. The predicted octanol–water partition coefficient (Wildman–Crippen LogP) is 2.68. The summed E-state index contributed by atoms with van der Waals surface area (Å²) in [4.78, 5) is 32.5. The quantitative estimate of drug-likeness (QED) is 0.813. The Morgan fingerprint density at radius 3 is 2.68 bits per heavy atom. The van der Waals surface area contributed by atoms with Gasteiger partial charge in [-0.2, -0.15) is 0 Å². The molecule has 1 aromatic heterocycles. The van der Waals surface area contributed by atoms with Crippen LogP contribution >= 0.6 is 0 Å². The minimum Gasteiger partial charge on any atom is -0.465 e. The molecule has 1 amide bonds. The highest BCUT2D eigenvalue weighted by molar-refractivity contribution is 5.96. The predicted molar refractivity (Wildman–Crippen MR) is 92.8 cm³/mol. The Morgan fingerprint density at radius 1 is 1.16 bits per heavy atom. The summed E-state index contributed by atoms with van der Waals surface area (Å²) < 4.78 is 4.77. The molecule has 0 radical (unpaired) electrons. The zero-order valence-electron chi connectivity index (χ0n) is 14.0. The van der Waals surface area contributed by atoms with Crippen molar-refractivity contribution in [2.45, 2.75) is 31.7 Å². The average Bonchev–Trinajstić information content (AvgIpc) is 3.15. The number of carbonyl (C=O) groups excluding carboxylic acids is 2. The van der Waals surface area contributed by atoms with E-state index in [1.54, 1.807) is 30.3 Å². The van der Waals surface area contributed by atoms with Crippen LogP contribution in [-0.4, -0.2) is 35.0 Å².